The highest BCUT2D eigenvalue weighted by Gasteiger charge is 2.15. The molecule has 0 amide bonds. The van der Waals surface area contributed by atoms with Gasteiger partial charge < -0.3 is 9.47 Å². The molecular formula is C29H28BrN3O3. The van der Waals surface area contributed by atoms with Crippen LogP contribution in [0.3, 0.4) is 0 Å². The Morgan fingerprint density at radius 1 is 1.14 bits per heavy atom. The predicted octanol–water partition coefficient (Wildman–Crippen LogP) is 6.48. The maximum Gasteiger partial charge on any atom is 0.282 e. The van der Waals surface area contributed by atoms with Crippen LogP contribution in [-0.2, 0) is 13.0 Å². The summed E-state index contributed by atoms with van der Waals surface area (Å²) in [7, 11) is 1.61. The number of allylic oxidation sites excluding steroid dienone is 1. The molecule has 7 heteroatoms. The molecule has 184 valence electrons. The highest BCUT2D eigenvalue weighted by Crippen LogP contribution is 2.34. The average Bonchev–Trinajstić information content (AvgIpc) is 2.88. The van der Waals surface area contributed by atoms with Gasteiger partial charge in [-0.1, -0.05) is 66.2 Å². The van der Waals surface area contributed by atoms with Gasteiger partial charge in [-0.25, -0.2) is 4.98 Å². The van der Waals surface area contributed by atoms with E-state index in [4.69, 9.17) is 14.5 Å². The molecule has 0 spiro atoms. The van der Waals surface area contributed by atoms with Gasteiger partial charge in [0, 0.05) is 16.0 Å². The molecule has 1 aromatic heterocycles. The monoisotopic (exact) mass is 545 g/mol. The third kappa shape index (κ3) is 5.57. The Bertz CT molecular complexity index is 1480. The zero-order valence-electron chi connectivity index (χ0n) is 20.6. The fourth-order valence-corrected chi connectivity index (χ4v) is 4.25. The van der Waals surface area contributed by atoms with Crippen molar-refractivity contribution >= 4 is 33.0 Å². The number of rotatable bonds is 9. The quantitative estimate of drug-likeness (QED) is 0.178. The van der Waals surface area contributed by atoms with Gasteiger partial charge in [0.05, 0.1) is 24.2 Å². The molecule has 0 unspecified atom stereocenters. The second-order valence-corrected chi connectivity index (χ2v) is 9.54. The Morgan fingerprint density at radius 2 is 1.92 bits per heavy atom. The lowest BCUT2D eigenvalue weighted by Gasteiger charge is -2.16. The third-order valence-electron chi connectivity index (χ3n) is 5.64. The summed E-state index contributed by atoms with van der Waals surface area (Å²) >= 11 is 3.44. The number of halogens is 1. The van der Waals surface area contributed by atoms with E-state index >= 15 is 0 Å². The van der Waals surface area contributed by atoms with E-state index in [0.717, 1.165) is 21.2 Å². The number of methoxy groups -OCH3 is 1. The van der Waals surface area contributed by atoms with Crippen LogP contribution in [0.2, 0.25) is 0 Å². The lowest BCUT2D eigenvalue weighted by atomic mass is 10.1. The lowest BCUT2D eigenvalue weighted by Crippen LogP contribution is -2.23. The van der Waals surface area contributed by atoms with E-state index < -0.39 is 0 Å². The van der Waals surface area contributed by atoms with Crippen molar-refractivity contribution in [3.8, 4) is 11.5 Å². The van der Waals surface area contributed by atoms with E-state index in [1.54, 1.807) is 19.4 Å². The van der Waals surface area contributed by atoms with Gasteiger partial charge in [0.2, 0.25) is 0 Å². The molecule has 0 fully saturated rings. The van der Waals surface area contributed by atoms with Crippen LogP contribution in [0, 0.1) is 0 Å². The third-order valence-corrected chi connectivity index (χ3v) is 6.13. The second-order valence-electron chi connectivity index (χ2n) is 8.63. The van der Waals surface area contributed by atoms with E-state index in [1.165, 1.54) is 4.68 Å². The average molecular weight is 546 g/mol. The summed E-state index contributed by atoms with van der Waals surface area (Å²) < 4.78 is 14.0. The van der Waals surface area contributed by atoms with E-state index in [1.807, 2.05) is 74.5 Å². The topological polar surface area (TPSA) is 65.7 Å². The fraction of sp³-hybridized carbons (Fsp3) is 0.207. The fourth-order valence-electron chi connectivity index (χ4n) is 3.89. The van der Waals surface area contributed by atoms with Crippen molar-refractivity contribution in [3.63, 3.8) is 0 Å². The maximum atomic E-state index is 13.3. The predicted molar refractivity (Wildman–Crippen MR) is 148 cm³/mol. The summed E-state index contributed by atoms with van der Waals surface area (Å²) in [6.45, 7) is 8.28. The Hall–Kier alpha value is -3.71. The molecule has 0 radical (unpaired) electrons. The molecule has 0 saturated carbocycles. The van der Waals surface area contributed by atoms with Crippen molar-refractivity contribution in [3.05, 3.63) is 111 Å². The molecule has 1 heterocycles. The van der Waals surface area contributed by atoms with Crippen LogP contribution < -0.4 is 15.0 Å². The largest absolute Gasteiger partial charge is 0.493 e. The molecule has 0 atom stereocenters. The van der Waals surface area contributed by atoms with Gasteiger partial charge in [0.25, 0.3) is 5.56 Å². The van der Waals surface area contributed by atoms with Gasteiger partial charge in [0.15, 0.2) is 11.5 Å². The summed E-state index contributed by atoms with van der Waals surface area (Å²) in [6, 6.07) is 19.3. The zero-order valence-corrected chi connectivity index (χ0v) is 22.2. The van der Waals surface area contributed by atoms with Crippen molar-refractivity contribution in [2.45, 2.75) is 32.8 Å². The number of ether oxygens (including phenoxy) is 2. The number of aromatic nitrogens is 2. The highest BCUT2D eigenvalue weighted by molar-refractivity contribution is 9.10. The van der Waals surface area contributed by atoms with Crippen LogP contribution in [0.5, 0.6) is 11.5 Å². The number of hydrogen-bond acceptors (Lipinski definition) is 5. The molecule has 0 aliphatic heterocycles. The van der Waals surface area contributed by atoms with Crippen molar-refractivity contribution in [1.82, 2.24) is 9.66 Å². The van der Waals surface area contributed by atoms with Gasteiger partial charge in [-0.2, -0.15) is 9.78 Å². The molecular weight excluding hydrogens is 518 g/mol. The van der Waals surface area contributed by atoms with Gasteiger partial charge in [-0.3, -0.25) is 4.79 Å². The molecule has 4 rings (SSSR count). The van der Waals surface area contributed by atoms with E-state index in [9.17, 15) is 4.79 Å². The maximum absolute atomic E-state index is 13.3. The minimum atomic E-state index is -0.220. The summed E-state index contributed by atoms with van der Waals surface area (Å²) in [6.07, 6.45) is 4.05. The van der Waals surface area contributed by atoms with Crippen LogP contribution in [0.15, 0.2) is 87.7 Å². The first-order valence-electron chi connectivity index (χ1n) is 11.7. The first kappa shape index (κ1) is 25.4. The first-order chi connectivity index (χ1) is 17.4. The summed E-state index contributed by atoms with van der Waals surface area (Å²) in [5.41, 5.74) is 3.17. The number of nitrogens with zero attached hydrogens (tertiary/aromatic N) is 3. The number of benzene rings is 3. The van der Waals surface area contributed by atoms with Crippen molar-refractivity contribution in [2.24, 2.45) is 5.10 Å². The molecule has 0 aliphatic carbocycles. The number of hydrogen-bond donors (Lipinski definition) is 0. The summed E-state index contributed by atoms with van der Waals surface area (Å²) in [5, 5.41) is 5.06. The first-order valence-corrected chi connectivity index (χ1v) is 12.5. The van der Waals surface area contributed by atoms with Gasteiger partial charge >= 0.3 is 0 Å². The minimum absolute atomic E-state index is 0.00234. The van der Waals surface area contributed by atoms with Crippen LogP contribution in [0.25, 0.3) is 10.9 Å². The standard InChI is InChI=1S/C29H28BrN3O3/c1-5-9-22-14-21(15-26(35-4)27(22)36-18-20-10-7-6-8-11-20)17-31-33-28(19(2)3)32-25-13-12-23(30)16-24(25)29(33)34/h5-8,10-17,19H,1,9,18H2,2-4H3. The molecule has 0 N–H and O–H groups in total. The Labute approximate surface area is 219 Å². The molecule has 0 aliphatic rings. The molecule has 3 aromatic carbocycles. The van der Waals surface area contributed by atoms with Crippen LogP contribution in [-0.4, -0.2) is 23.0 Å². The van der Waals surface area contributed by atoms with E-state index in [2.05, 4.69) is 27.6 Å². The van der Waals surface area contributed by atoms with Crippen LogP contribution in [0.1, 0.15) is 42.3 Å². The number of fused-ring (bicyclic) bond motifs is 1. The highest BCUT2D eigenvalue weighted by atomic mass is 79.9. The van der Waals surface area contributed by atoms with E-state index in [0.29, 0.717) is 41.3 Å². The molecule has 36 heavy (non-hydrogen) atoms. The Morgan fingerprint density at radius 3 is 2.61 bits per heavy atom. The Kier molecular flexibility index (Phi) is 8.00. The van der Waals surface area contributed by atoms with Crippen molar-refractivity contribution < 1.29 is 9.47 Å². The zero-order chi connectivity index (χ0) is 25.7. The van der Waals surface area contributed by atoms with Crippen LogP contribution in [0.4, 0.5) is 0 Å². The second kappa shape index (κ2) is 11.4. The smallest absolute Gasteiger partial charge is 0.282 e. The summed E-state index contributed by atoms with van der Waals surface area (Å²) in [4.78, 5) is 18.0. The van der Waals surface area contributed by atoms with Crippen molar-refractivity contribution in [1.29, 1.82) is 0 Å². The normalized spacial score (nSPS) is 11.4. The molecule has 6 nitrogen and oxygen atoms in total. The van der Waals surface area contributed by atoms with Gasteiger partial charge in [0.1, 0.15) is 12.4 Å². The van der Waals surface area contributed by atoms with Gasteiger partial charge in [-0.15, -0.1) is 6.58 Å². The minimum Gasteiger partial charge on any atom is -0.493 e. The molecule has 0 bridgehead atoms. The Balaban J connectivity index is 1.75. The molecule has 0 saturated heterocycles. The van der Waals surface area contributed by atoms with Gasteiger partial charge in [-0.05, 0) is 47.9 Å². The van der Waals surface area contributed by atoms with E-state index in [-0.39, 0.29) is 11.5 Å². The molecule has 4 aromatic rings. The lowest BCUT2D eigenvalue weighted by molar-refractivity contribution is 0.282. The summed E-state index contributed by atoms with van der Waals surface area (Å²) in [5.74, 6) is 1.84. The van der Waals surface area contributed by atoms with Crippen LogP contribution >= 0.6 is 15.9 Å². The van der Waals surface area contributed by atoms with Crippen molar-refractivity contribution in [2.75, 3.05) is 7.11 Å². The SMILES string of the molecule is C=CCc1cc(C=Nn2c(C(C)C)nc3ccc(Br)cc3c2=O)cc(OC)c1OCc1ccccc1.